The fourth-order valence-corrected chi connectivity index (χ4v) is 3.91. The Hall–Kier alpha value is -2.24. The van der Waals surface area contributed by atoms with E-state index < -0.39 is 17.7 Å². The number of nitrogens with zero attached hydrogens (tertiary/aromatic N) is 2. The first-order valence-electron chi connectivity index (χ1n) is 10.3. The number of benzene rings is 1. The van der Waals surface area contributed by atoms with E-state index in [9.17, 15) is 9.59 Å². The van der Waals surface area contributed by atoms with Gasteiger partial charge in [0.2, 0.25) is 5.91 Å². The Bertz CT molecular complexity index is 733. The Morgan fingerprint density at radius 1 is 1.11 bits per heavy atom. The lowest BCUT2D eigenvalue weighted by molar-refractivity contribution is -0.121. The van der Waals surface area contributed by atoms with Crippen molar-refractivity contribution in [3.05, 3.63) is 23.8 Å². The largest absolute Gasteiger partial charge is 0.444 e. The molecule has 6 heteroatoms. The highest BCUT2D eigenvalue weighted by atomic mass is 16.6. The fourth-order valence-electron chi connectivity index (χ4n) is 3.91. The van der Waals surface area contributed by atoms with Gasteiger partial charge in [-0.1, -0.05) is 13.8 Å². The minimum Gasteiger partial charge on any atom is -0.444 e. The molecule has 154 valence electrons. The number of ether oxygens (including phenoxy) is 1. The number of nitrogens with one attached hydrogen (secondary N) is 1. The number of amides is 2. The van der Waals surface area contributed by atoms with Gasteiger partial charge in [-0.05, 0) is 69.7 Å². The zero-order valence-corrected chi connectivity index (χ0v) is 17.7. The van der Waals surface area contributed by atoms with Crippen molar-refractivity contribution in [1.82, 2.24) is 5.32 Å². The van der Waals surface area contributed by atoms with Gasteiger partial charge in [0.15, 0.2) is 0 Å². The number of fused-ring (bicyclic) bond motifs is 1. The van der Waals surface area contributed by atoms with Gasteiger partial charge in [-0.3, -0.25) is 4.79 Å². The van der Waals surface area contributed by atoms with Gasteiger partial charge in [-0.15, -0.1) is 0 Å². The molecule has 1 N–H and O–H groups in total. The zero-order chi connectivity index (χ0) is 20.5. The fraction of sp³-hybridized carbons (Fsp3) is 0.636. The Labute approximate surface area is 168 Å². The average molecular weight is 388 g/mol. The van der Waals surface area contributed by atoms with Crippen molar-refractivity contribution in [2.24, 2.45) is 5.92 Å². The highest BCUT2D eigenvalue weighted by Crippen LogP contribution is 2.33. The highest BCUT2D eigenvalue weighted by molar-refractivity contribution is 6.00. The minimum absolute atomic E-state index is 0.0343. The standard InChI is InChI=1S/C22H33N3O3/c1-15(2)19(23-21(27)28-22(3,4)5)20(26)25-13-10-16-14-17(8-9-18(16)25)24-11-6-7-12-24/h8-9,14-15,19H,6-7,10-13H2,1-5H3,(H,23,27). The van der Waals surface area contributed by atoms with Crippen molar-refractivity contribution in [3.63, 3.8) is 0 Å². The molecule has 0 aromatic heterocycles. The smallest absolute Gasteiger partial charge is 0.408 e. The first-order chi connectivity index (χ1) is 13.2. The van der Waals surface area contributed by atoms with Crippen LogP contribution < -0.4 is 15.1 Å². The van der Waals surface area contributed by atoms with Gasteiger partial charge in [0.1, 0.15) is 11.6 Å². The lowest BCUT2D eigenvalue weighted by atomic mass is 10.0. The van der Waals surface area contributed by atoms with Crippen molar-refractivity contribution in [2.45, 2.75) is 65.5 Å². The van der Waals surface area contributed by atoms with E-state index in [0.29, 0.717) is 6.54 Å². The van der Waals surface area contributed by atoms with E-state index in [-0.39, 0.29) is 11.8 Å². The molecule has 28 heavy (non-hydrogen) atoms. The molecule has 1 atom stereocenters. The molecular formula is C22H33N3O3. The molecule has 6 nitrogen and oxygen atoms in total. The first kappa shape index (κ1) is 20.5. The number of carbonyl (C=O) groups is 2. The Kier molecular flexibility index (Phi) is 5.87. The Morgan fingerprint density at radius 2 is 1.79 bits per heavy atom. The SMILES string of the molecule is CC(C)C(NC(=O)OC(C)(C)C)C(=O)N1CCc2cc(N3CCCC3)ccc21. The van der Waals surface area contributed by atoms with E-state index >= 15 is 0 Å². The first-order valence-corrected chi connectivity index (χ1v) is 10.3. The molecule has 1 aromatic rings. The molecule has 2 amide bonds. The summed E-state index contributed by atoms with van der Waals surface area (Å²) >= 11 is 0. The molecule has 0 bridgehead atoms. The number of rotatable bonds is 4. The van der Waals surface area contributed by atoms with E-state index in [1.54, 1.807) is 0 Å². The van der Waals surface area contributed by atoms with Crippen molar-refractivity contribution >= 4 is 23.4 Å². The molecular weight excluding hydrogens is 354 g/mol. The second-order valence-corrected chi connectivity index (χ2v) is 9.11. The summed E-state index contributed by atoms with van der Waals surface area (Å²) in [6, 6.07) is 5.78. The molecule has 2 aliphatic rings. The molecule has 1 aromatic carbocycles. The molecule has 0 aliphatic carbocycles. The van der Waals surface area contributed by atoms with Gasteiger partial charge in [-0.2, -0.15) is 0 Å². The molecule has 1 saturated heterocycles. The van der Waals surface area contributed by atoms with Crippen molar-refractivity contribution < 1.29 is 14.3 Å². The van der Waals surface area contributed by atoms with Crippen LogP contribution in [-0.4, -0.2) is 43.3 Å². The van der Waals surface area contributed by atoms with Crippen LogP contribution in [0.5, 0.6) is 0 Å². The molecule has 3 rings (SSSR count). The number of alkyl carbamates (subject to hydrolysis) is 1. The van der Waals surface area contributed by atoms with Crippen LogP contribution in [0, 0.1) is 5.92 Å². The summed E-state index contributed by atoms with van der Waals surface area (Å²) in [5, 5.41) is 2.78. The van der Waals surface area contributed by atoms with E-state index in [0.717, 1.165) is 25.2 Å². The monoisotopic (exact) mass is 387 g/mol. The van der Waals surface area contributed by atoms with Crippen LogP contribution in [-0.2, 0) is 16.0 Å². The topological polar surface area (TPSA) is 61.9 Å². The third-order valence-corrected chi connectivity index (χ3v) is 5.30. The Balaban J connectivity index is 1.74. The quantitative estimate of drug-likeness (QED) is 0.855. The summed E-state index contributed by atoms with van der Waals surface area (Å²) in [6.45, 7) is 12.2. The summed E-state index contributed by atoms with van der Waals surface area (Å²) in [7, 11) is 0. The maximum absolute atomic E-state index is 13.2. The van der Waals surface area contributed by atoms with Crippen LogP contribution in [0.2, 0.25) is 0 Å². The molecule has 2 heterocycles. The minimum atomic E-state index is -0.612. The van der Waals surface area contributed by atoms with Crippen LogP contribution in [0.15, 0.2) is 18.2 Å². The van der Waals surface area contributed by atoms with Crippen LogP contribution in [0.1, 0.15) is 53.0 Å². The van der Waals surface area contributed by atoms with E-state index in [2.05, 4.69) is 28.4 Å². The second kappa shape index (κ2) is 8.02. The predicted octanol–water partition coefficient (Wildman–Crippen LogP) is 3.73. The third-order valence-electron chi connectivity index (χ3n) is 5.30. The van der Waals surface area contributed by atoms with Gasteiger partial charge in [0.25, 0.3) is 0 Å². The molecule has 1 unspecified atom stereocenters. The zero-order valence-electron chi connectivity index (χ0n) is 17.7. The summed E-state index contributed by atoms with van der Waals surface area (Å²) < 4.78 is 5.35. The lowest BCUT2D eigenvalue weighted by Crippen LogP contribution is -2.52. The molecule has 0 radical (unpaired) electrons. The van der Waals surface area contributed by atoms with E-state index in [1.807, 2.05) is 39.5 Å². The van der Waals surface area contributed by atoms with Crippen LogP contribution >= 0.6 is 0 Å². The van der Waals surface area contributed by atoms with Gasteiger partial charge < -0.3 is 19.9 Å². The third kappa shape index (κ3) is 4.59. The molecule has 1 fully saturated rings. The average Bonchev–Trinajstić information content (AvgIpc) is 3.26. The summed E-state index contributed by atoms with van der Waals surface area (Å²) in [5.74, 6) is -0.110. The highest BCUT2D eigenvalue weighted by Gasteiger charge is 2.34. The molecule has 0 spiro atoms. The van der Waals surface area contributed by atoms with Crippen LogP contribution in [0.3, 0.4) is 0 Å². The molecule has 2 aliphatic heterocycles. The van der Waals surface area contributed by atoms with Gasteiger partial charge >= 0.3 is 6.09 Å². The normalized spacial score (nSPS) is 17.6. The van der Waals surface area contributed by atoms with Crippen molar-refractivity contribution in [1.29, 1.82) is 0 Å². The summed E-state index contributed by atoms with van der Waals surface area (Å²) in [4.78, 5) is 29.7. The second-order valence-electron chi connectivity index (χ2n) is 9.11. The van der Waals surface area contributed by atoms with Gasteiger partial charge in [0.05, 0.1) is 0 Å². The van der Waals surface area contributed by atoms with Crippen LogP contribution in [0.4, 0.5) is 16.2 Å². The van der Waals surface area contributed by atoms with Crippen molar-refractivity contribution in [2.75, 3.05) is 29.4 Å². The van der Waals surface area contributed by atoms with Gasteiger partial charge in [0, 0.05) is 31.0 Å². The van der Waals surface area contributed by atoms with Crippen LogP contribution in [0.25, 0.3) is 0 Å². The maximum atomic E-state index is 13.2. The Morgan fingerprint density at radius 3 is 2.39 bits per heavy atom. The maximum Gasteiger partial charge on any atom is 0.408 e. The predicted molar refractivity (Wildman–Crippen MR) is 112 cm³/mol. The number of hydrogen-bond donors (Lipinski definition) is 1. The number of anilines is 2. The summed E-state index contributed by atoms with van der Waals surface area (Å²) in [6.07, 6.45) is 2.78. The molecule has 0 saturated carbocycles. The van der Waals surface area contributed by atoms with Crippen molar-refractivity contribution in [3.8, 4) is 0 Å². The van der Waals surface area contributed by atoms with Gasteiger partial charge in [-0.25, -0.2) is 4.79 Å². The number of carbonyl (C=O) groups excluding carboxylic acids is 2. The van der Waals surface area contributed by atoms with E-state index in [4.69, 9.17) is 4.74 Å². The number of hydrogen-bond acceptors (Lipinski definition) is 4. The van der Waals surface area contributed by atoms with E-state index in [1.165, 1.54) is 24.1 Å². The summed E-state index contributed by atoms with van der Waals surface area (Å²) in [5.41, 5.74) is 2.82. The lowest BCUT2D eigenvalue weighted by Gasteiger charge is -2.29.